The molecule has 3 atom stereocenters. The summed E-state index contributed by atoms with van der Waals surface area (Å²) in [7, 11) is 0. The lowest BCUT2D eigenvalue weighted by atomic mass is 9.82. The van der Waals surface area contributed by atoms with Crippen LogP contribution in [-0.2, 0) is 9.53 Å². The Morgan fingerprint density at radius 1 is 1.04 bits per heavy atom. The van der Waals surface area contributed by atoms with Crippen molar-refractivity contribution in [1.29, 1.82) is 5.41 Å². The monoisotopic (exact) mass is 353 g/mol. The van der Waals surface area contributed by atoms with Gasteiger partial charge in [-0.05, 0) is 12.5 Å². The highest BCUT2D eigenvalue weighted by Crippen LogP contribution is 2.47. The third kappa shape index (κ3) is 3.51. The van der Waals surface area contributed by atoms with Crippen molar-refractivity contribution >= 4 is 28.6 Å². The summed E-state index contributed by atoms with van der Waals surface area (Å²) in [6, 6.07) is 18.5. The van der Waals surface area contributed by atoms with Gasteiger partial charge in [-0.3, -0.25) is 15.0 Å². The van der Waals surface area contributed by atoms with Gasteiger partial charge in [0.1, 0.15) is 5.92 Å². The van der Waals surface area contributed by atoms with Crippen LogP contribution < -0.4 is 0 Å². The predicted octanol–water partition coefficient (Wildman–Crippen LogP) is 3.93. The Labute approximate surface area is 151 Å². The number of rotatable bonds is 5. The molecule has 1 fully saturated rings. The zero-order chi connectivity index (χ0) is 17.8. The van der Waals surface area contributed by atoms with Crippen LogP contribution in [0.25, 0.3) is 0 Å². The van der Waals surface area contributed by atoms with E-state index >= 15 is 0 Å². The molecule has 3 rings (SSSR count). The maximum Gasteiger partial charge on any atom is 0.316 e. The summed E-state index contributed by atoms with van der Waals surface area (Å²) >= 11 is 1.17. The second-order valence-corrected chi connectivity index (χ2v) is 6.98. The Bertz CT molecular complexity index is 776. The molecule has 1 N–H and O–H groups in total. The van der Waals surface area contributed by atoms with E-state index in [9.17, 15) is 9.59 Å². The lowest BCUT2D eigenvalue weighted by molar-refractivity contribution is -0.145. The van der Waals surface area contributed by atoms with Crippen LogP contribution in [0.2, 0.25) is 0 Å². The summed E-state index contributed by atoms with van der Waals surface area (Å²) in [5.41, 5.74) is 1.47. The average Bonchev–Trinajstić information content (AvgIpc) is 3.00. The van der Waals surface area contributed by atoms with Gasteiger partial charge in [-0.25, -0.2) is 0 Å². The molecule has 0 aromatic heterocycles. The fraction of sp³-hybridized carbons (Fsp3) is 0.250. The van der Waals surface area contributed by atoms with Gasteiger partial charge < -0.3 is 4.74 Å². The third-order valence-corrected chi connectivity index (χ3v) is 5.53. The average molecular weight is 353 g/mol. The minimum Gasteiger partial charge on any atom is -0.465 e. The van der Waals surface area contributed by atoms with Crippen LogP contribution in [0.4, 0.5) is 0 Å². The Balaban J connectivity index is 2.01. The fourth-order valence-corrected chi connectivity index (χ4v) is 4.50. The molecule has 2 aromatic rings. The van der Waals surface area contributed by atoms with Gasteiger partial charge in [0.05, 0.1) is 16.9 Å². The largest absolute Gasteiger partial charge is 0.465 e. The van der Waals surface area contributed by atoms with Crippen LogP contribution in [0.1, 0.15) is 28.8 Å². The van der Waals surface area contributed by atoms with E-state index in [1.807, 2.05) is 48.5 Å². The molecule has 0 unspecified atom stereocenters. The van der Waals surface area contributed by atoms with Gasteiger partial charge in [0, 0.05) is 11.5 Å². The Kier molecular flexibility index (Phi) is 5.34. The number of benzene rings is 2. The molecule has 0 bridgehead atoms. The summed E-state index contributed by atoms with van der Waals surface area (Å²) in [4.78, 5) is 25.5. The minimum atomic E-state index is -0.731. The normalized spacial score (nSPS) is 22.6. The summed E-state index contributed by atoms with van der Waals surface area (Å²) < 4.78 is 5.18. The first kappa shape index (κ1) is 17.4. The highest BCUT2D eigenvalue weighted by molar-refractivity contribution is 8.15. The SMILES string of the molecule is CCOC(=O)[C@@H]1C(=N)S[C@@H](C(=O)c2ccccc2)[C@@H]1c1ccccc1. The van der Waals surface area contributed by atoms with E-state index < -0.39 is 23.1 Å². The Hall–Kier alpha value is -2.40. The maximum atomic E-state index is 13.0. The quantitative estimate of drug-likeness (QED) is 0.653. The topological polar surface area (TPSA) is 67.2 Å². The fourth-order valence-electron chi connectivity index (χ4n) is 3.13. The van der Waals surface area contributed by atoms with Crippen molar-refractivity contribution in [2.45, 2.75) is 18.1 Å². The molecule has 128 valence electrons. The van der Waals surface area contributed by atoms with E-state index in [2.05, 4.69) is 0 Å². The van der Waals surface area contributed by atoms with Crippen LogP contribution in [0, 0.1) is 11.3 Å². The molecule has 1 aliphatic rings. The van der Waals surface area contributed by atoms with Gasteiger partial charge >= 0.3 is 5.97 Å². The summed E-state index contributed by atoms with van der Waals surface area (Å²) in [6.07, 6.45) is 0. The Morgan fingerprint density at radius 3 is 2.24 bits per heavy atom. The van der Waals surface area contributed by atoms with E-state index in [0.29, 0.717) is 5.56 Å². The van der Waals surface area contributed by atoms with Gasteiger partial charge in [0.25, 0.3) is 0 Å². The van der Waals surface area contributed by atoms with Crippen molar-refractivity contribution in [2.75, 3.05) is 6.61 Å². The number of ether oxygens (including phenoxy) is 1. The summed E-state index contributed by atoms with van der Waals surface area (Å²) in [5, 5.41) is 7.98. The number of carbonyl (C=O) groups excluding carboxylic acids is 2. The first-order chi connectivity index (χ1) is 12.1. The molecule has 1 heterocycles. The molecule has 1 saturated heterocycles. The van der Waals surface area contributed by atoms with Crippen LogP contribution in [0.3, 0.4) is 0 Å². The van der Waals surface area contributed by atoms with Crippen LogP contribution >= 0.6 is 11.8 Å². The number of carbonyl (C=O) groups is 2. The number of ketones is 1. The standard InChI is InChI=1S/C20H19NO3S/c1-2-24-20(23)16-15(13-9-5-3-6-10-13)18(25-19(16)21)17(22)14-11-7-4-8-12-14/h3-12,15-16,18,21H,2H2,1H3/t15-,16+,18-/m1/s1. The second-order valence-electron chi connectivity index (χ2n) is 5.80. The van der Waals surface area contributed by atoms with Crippen LogP contribution in [-0.4, -0.2) is 28.7 Å². The van der Waals surface area contributed by atoms with Gasteiger partial charge in [-0.1, -0.05) is 72.4 Å². The van der Waals surface area contributed by atoms with E-state index in [-0.39, 0.29) is 17.4 Å². The van der Waals surface area contributed by atoms with Gasteiger partial charge in [-0.2, -0.15) is 0 Å². The number of thioether (sulfide) groups is 1. The first-order valence-corrected chi connectivity index (χ1v) is 9.07. The van der Waals surface area contributed by atoms with Crippen molar-refractivity contribution in [3.05, 3.63) is 71.8 Å². The van der Waals surface area contributed by atoms with Gasteiger partial charge in [0.2, 0.25) is 0 Å². The van der Waals surface area contributed by atoms with Crippen molar-refractivity contribution in [1.82, 2.24) is 0 Å². The minimum absolute atomic E-state index is 0.0593. The zero-order valence-corrected chi connectivity index (χ0v) is 14.7. The predicted molar refractivity (Wildman–Crippen MR) is 99.2 cm³/mol. The molecule has 0 saturated carbocycles. The smallest absolute Gasteiger partial charge is 0.316 e. The molecule has 0 aliphatic carbocycles. The van der Waals surface area contributed by atoms with Crippen molar-refractivity contribution < 1.29 is 14.3 Å². The molecule has 5 heteroatoms. The van der Waals surface area contributed by atoms with Crippen LogP contribution in [0.5, 0.6) is 0 Å². The summed E-state index contributed by atoms with van der Waals surface area (Å²) in [5.74, 6) is -1.62. The molecule has 2 aromatic carbocycles. The maximum absolute atomic E-state index is 13.0. The molecule has 25 heavy (non-hydrogen) atoms. The van der Waals surface area contributed by atoms with Crippen molar-refractivity contribution in [3.63, 3.8) is 0 Å². The molecule has 0 radical (unpaired) electrons. The number of esters is 1. The highest BCUT2D eigenvalue weighted by Gasteiger charge is 2.49. The third-order valence-electron chi connectivity index (χ3n) is 4.26. The van der Waals surface area contributed by atoms with Crippen molar-refractivity contribution in [3.8, 4) is 0 Å². The lowest BCUT2D eigenvalue weighted by Crippen LogP contribution is -2.30. The van der Waals surface area contributed by atoms with Gasteiger partial charge in [0.15, 0.2) is 5.78 Å². The second kappa shape index (κ2) is 7.66. The summed E-state index contributed by atoms with van der Waals surface area (Å²) in [6.45, 7) is 2.00. The molecule has 0 spiro atoms. The molecule has 0 amide bonds. The number of Topliss-reactive ketones (excluding diaryl/α,β-unsaturated/α-hetero) is 1. The van der Waals surface area contributed by atoms with E-state index in [4.69, 9.17) is 10.1 Å². The van der Waals surface area contributed by atoms with Crippen LogP contribution in [0.15, 0.2) is 60.7 Å². The molecule has 1 aliphatic heterocycles. The number of nitrogens with one attached hydrogen (secondary N) is 1. The molecule has 4 nitrogen and oxygen atoms in total. The first-order valence-electron chi connectivity index (χ1n) is 8.19. The van der Waals surface area contributed by atoms with E-state index in [1.54, 1.807) is 19.1 Å². The number of hydrogen-bond acceptors (Lipinski definition) is 5. The molecular formula is C20H19NO3S. The Morgan fingerprint density at radius 2 is 1.64 bits per heavy atom. The zero-order valence-electron chi connectivity index (χ0n) is 13.8. The highest BCUT2D eigenvalue weighted by atomic mass is 32.2. The number of hydrogen-bond donors (Lipinski definition) is 1. The molecular weight excluding hydrogens is 334 g/mol. The van der Waals surface area contributed by atoms with E-state index in [0.717, 1.165) is 5.56 Å². The van der Waals surface area contributed by atoms with Gasteiger partial charge in [-0.15, -0.1) is 0 Å². The van der Waals surface area contributed by atoms with Crippen molar-refractivity contribution in [2.24, 2.45) is 5.92 Å². The lowest BCUT2D eigenvalue weighted by Gasteiger charge is -2.22. The van der Waals surface area contributed by atoms with E-state index in [1.165, 1.54) is 11.8 Å².